The molecule has 3 heteroatoms. The molecule has 2 N–H and O–H groups in total. The smallest absolute Gasteiger partial charge is 0.124 e. The Bertz CT molecular complexity index is 774. The van der Waals surface area contributed by atoms with Crippen LogP contribution in [-0.2, 0) is 12.8 Å². The van der Waals surface area contributed by atoms with E-state index in [0.717, 1.165) is 20.9 Å². The van der Waals surface area contributed by atoms with Crippen LogP contribution in [0.2, 0.25) is 0 Å². The molecule has 0 bridgehead atoms. The average Bonchev–Trinajstić information content (AvgIpc) is 3.02. The van der Waals surface area contributed by atoms with E-state index in [0.29, 0.717) is 0 Å². The van der Waals surface area contributed by atoms with Crippen molar-refractivity contribution in [2.45, 2.75) is 19.3 Å². The van der Waals surface area contributed by atoms with Gasteiger partial charge in [0.05, 0.1) is 10.2 Å². The summed E-state index contributed by atoms with van der Waals surface area (Å²) in [6, 6.07) is 12.7. The van der Waals surface area contributed by atoms with E-state index in [2.05, 4.69) is 18.2 Å². The molecule has 1 aromatic heterocycles. The lowest BCUT2D eigenvalue weighted by Gasteiger charge is -2.01. The number of hydrogen-bond donors (Lipinski definition) is 1. The Morgan fingerprint density at radius 1 is 1.00 bits per heavy atom. The summed E-state index contributed by atoms with van der Waals surface area (Å²) in [6.45, 7) is 0. The van der Waals surface area contributed by atoms with Gasteiger partial charge in [0, 0.05) is 11.3 Å². The van der Waals surface area contributed by atoms with Gasteiger partial charge in [0.2, 0.25) is 0 Å². The lowest BCUT2D eigenvalue weighted by Crippen LogP contribution is -1.84. The molecule has 0 aliphatic heterocycles. The summed E-state index contributed by atoms with van der Waals surface area (Å²) in [5.41, 5.74) is 11.9. The summed E-state index contributed by atoms with van der Waals surface area (Å²) in [4.78, 5) is 4.71. The number of aryl methyl sites for hydroxylation is 2. The number of rotatable bonds is 1. The van der Waals surface area contributed by atoms with Crippen molar-refractivity contribution in [3.8, 4) is 10.6 Å². The number of benzene rings is 2. The van der Waals surface area contributed by atoms with Crippen LogP contribution in [0.25, 0.3) is 20.8 Å². The van der Waals surface area contributed by atoms with Gasteiger partial charge in [-0.25, -0.2) is 4.98 Å². The highest BCUT2D eigenvalue weighted by molar-refractivity contribution is 7.21. The molecule has 0 unspecified atom stereocenters. The first-order chi connectivity index (χ1) is 9.29. The molecule has 0 fully saturated rings. The second-order valence-corrected chi connectivity index (χ2v) is 6.11. The van der Waals surface area contributed by atoms with Gasteiger partial charge in [0.25, 0.3) is 0 Å². The molecule has 0 spiro atoms. The van der Waals surface area contributed by atoms with Gasteiger partial charge in [-0.05, 0) is 54.7 Å². The Morgan fingerprint density at radius 2 is 1.89 bits per heavy atom. The zero-order chi connectivity index (χ0) is 12.8. The van der Waals surface area contributed by atoms with Gasteiger partial charge in [-0.2, -0.15) is 0 Å². The second kappa shape index (κ2) is 4.07. The van der Waals surface area contributed by atoms with E-state index < -0.39 is 0 Å². The quantitative estimate of drug-likeness (QED) is 0.675. The summed E-state index contributed by atoms with van der Waals surface area (Å²) >= 11 is 1.72. The van der Waals surface area contributed by atoms with Crippen LogP contribution >= 0.6 is 11.3 Å². The van der Waals surface area contributed by atoms with Crippen molar-refractivity contribution >= 4 is 27.2 Å². The summed E-state index contributed by atoms with van der Waals surface area (Å²) in [6.07, 6.45) is 3.72. The molecule has 4 rings (SSSR count). The van der Waals surface area contributed by atoms with Crippen LogP contribution in [0.1, 0.15) is 17.5 Å². The minimum absolute atomic E-state index is 0.802. The number of thiazole rings is 1. The fourth-order valence-electron chi connectivity index (χ4n) is 2.77. The van der Waals surface area contributed by atoms with E-state index in [4.69, 9.17) is 10.7 Å². The third-order valence-corrected chi connectivity index (χ3v) is 4.83. The highest BCUT2D eigenvalue weighted by Gasteiger charge is 2.13. The minimum Gasteiger partial charge on any atom is -0.399 e. The lowest BCUT2D eigenvalue weighted by molar-refractivity contribution is 0.912. The number of nitrogens with zero attached hydrogens (tertiary/aromatic N) is 1. The number of anilines is 1. The van der Waals surface area contributed by atoms with E-state index in [1.807, 2.05) is 18.2 Å². The van der Waals surface area contributed by atoms with E-state index in [1.54, 1.807) is 11.3 Å². The molecule has 1 heterocycles. The number of nitrogens with two attached hydrogens (primary N) is 1. The van der Waals surface area contributed by atoms with Gasteiger partial charge in [-0.3, -0.25) is 0 Å². The lowest BCUT2D eigenvalue weighted by atomic mass is 10.1. The summed E-state index contributed by atoms with van der Waals surface area (Å²) in [5.74, 6) is 0. The first-order valence-corrected chi connectivity index (χ1v) is 7.39. The van der Waals surface area contributed by atoms with Crippen LogP contribution in [0.15, 0.2) is 36.4 Å². The largest absolute Gasteiger partial charge is 0.399 e. The van der Waals surface area contributed by atoms with Gasteiger partial charge >= 0.3 is 0 Å². The van der Waals surface area contributed by atoms with Crippen molar-refractivity contribution in [3.63, 3.8) is 0 Å². The van der Waals surface area contributed by atoms with Gasteiger partial charge in [-0.1, -0.05) is 12.1 Å². The molecule has 2 nitrogen and oxygen atoms in total. The maximum atomic E-state index is 5.82. The van der Waals surface area contributed by atoms with Gasteiger partial charge in [-0.15, -0.1) is 11.3 Å². The normalized spacial score (nSPS) is 13.9. The van der Waals surface area contributed by atoms with E-state index in [-0.39, 0.29) is 0 Å². The zero-order valence-electron chi connectivity index (χ0n) is 10.5. The maximum Gasteiger partial charge on any atom is 0.124 e. The predicted molar refractivity (Wildman–Crippen MR) is 81.5 cm³/mol. The zero-order valence-corrected chi connectivity index (χ0v) is 11.3. The third kappa shape index (κ3) is 1.81. The molecule has 1 aliphatic carbocycles. The van der Waals surface area contributed by atoms with E-state index in [9.17, 15) is 0 Å². The van der Waals surface area contributed by atoms with Crippen LogP contribution in [0.4, 0.5) is 5.69 Å². The third-order valence-electron chi connectivity index (χ3n) is 3.76. The minimum atomic E-state index is 0.802. The Morgan fingerprint density at radius 3 is 2.84 bits per heavy atom. The monoisotopic (exact) mass is 266 g/mol. The van der Waals surface area contributed by atoms with Crippen molar-refractivity contribution in [1.82, 2.24) is 4.98 Å². The Hall–Kier alpha value is -1.87. The number of nitrogen functional groups attached to an aromatic ring is 1. The number of aromatic nitrogens is 1. The highest BCUT2D eigenvalue weighted by Crippen LogP contribution is 2.33. The first kappa shape index (κ1) is 11.0. The van der Waals surface area contributed by atoms with Crippen LogP contribution < -0.4 is 5.73 Å². The van der Waals surface area contributed by atoms with Crippen molar-refractivity contribution in [3.05, 3.63) is 47.5 Å². The highest BCUT2D eigenvalue weighted by atomic mass is 32.1. The molecule has 0 saturated carbocycles. The topological polar surface area (TPSA) is 38.9 Å². The average molecular weight is 266 g/mol. The summed E-state index contributed by atoms with van der Waals surface area (Å²) in [5, 5.41) is 1.09. The molecular formula is C16H14N2S. The van der Waals surface area contributed by atoms with Crippen molar-refractivity contribution in [1.29, 1.82) is 0 Å². The molecule has 0 radical (unpaired) electrons. The number of hydrogen-bond acceptors (Lipinski definition) is 3. The van der Waals surface area contributed by atoms with Crippen LogP contribution in [0.3, 0.4) is 0 Å². The van der Waals surface area contributed by atoms with Gasteiger partial charge in [0.15, 0.2) is 0 Å². The van der Waals surface area contributed by atoms with Crippen LogP contribution in [0, 0.1) is 0 Å². The molecular weight excluding hydrogens is 252 g/mol. The Balaban J connectivity index is 1.85. The SMILES string of the molecule is Nc1ccc2nc(-c3ccc4c(c3)CCC4)sc2c1. The van der Waals surface area contributed by atoms with Crippen LogP contribution in [0.5, 0.6) is 0 Å². The predicted octanol–water partition coefficient (Wildman–Crippen LogP) is 4.03. The summed E-state index contributed by atoms with van der Waals surface area (Å²) < 4.78 is 1.16. The van der Waals surface area contributed by atoms with Crippen molar-refractivity contribution in [2.24, 2.45) is 0 Å². The second-order valence-electron chi connectivity index (χ2n) is 5.08. The Labute approximate surface area is 115 Å². The standard InChI is InChI=1S/C16H14N2S/c17-13-6-7-14-15(9-13)19-16(18-14)12-5-4-10-2-1-3-11(10)8-12/h4-9H,1-3,17H2. The van der Waals surface area contributed by atoms with Gasteiger partial charge < -0.3 is 5.73 Å². The maximum absolute atomic E-state index is 5.82. The molecule has 2 aromatic carbocycles. The fraction of sp³-hybridized carbons (Fsp3) is 0.188. The fourth-order valence-corrected chi connectivity index (χ4v) is 3.78. The first-order valence-electron chi connectivity index (χ1n) is 6.58. The van der Waals surface area contributed by atoms with E-state index in [1.165, 1.54) is 36.0 Å². The van der Waals surface area contributed by atoms with Crippen LogP contribution in [-0.4, -0.2) is 4.98 Å². The molecule has 19 heavy (non-hydrogen) atoms. The molecule has 0 saturated heterocycles. The van der Waals surface area contributed by atoms with Gasteiger partial charge in [0.1, 0.15) is 5.01 Å². The van der Waals surface area contributed by atoms with E-state index >= 15 is 0 Å². The Kier molecular flexibility index (Phi) is 2.35. The van der Waals surface area contributed by atoms with Crippen molar-refractivity contribution in [2.75, 3.05) is 5.73 Å². The molecule has 1 aliphatic rings. The molecule has 0 atom stereocenters. The summed E-state index contributed by atoms with van der Waals surface area (Å²) in [7, 11) is 0. The van der Waals surface area contributed by atoms with Crippen molar-refractivity contribution < 1.29 is 0 Å². The molecule has 3 aromatic rings. The molecule has 0 amide bonds. The number of fused-ring (bicyclic) bond motifs is 2. The molecule has 94 valence electrons.